The van der Waals surface area contributed by atoms with Crippen LogP contribution >= 0.6 is 0 Å². The van der Waals surface area contributed by atoms with E-state index in [0.717, 1.165) is 18.2 Å². The minimum Gasteiger partial charge on any atom is -0.364 e. The number of hydrogen-bond acceptors (Lipinski definition) is 5. The van der Waals surface area contributed by atoms with Gasteiger partial charge in [-0.1, -0.05) is 6.07 Å². The predicted octanol–water partition coefficient (Wildman–Crippen LogP) is 4.02. The van der Waals surface area contributed by atoms with Crippen LogP contribution in [0.5, 0.6) is 0 Å². The average Bonchev–Trinajstić information content (AvgIpc) is 3.26. The van der Waals surface area contributed by atoms with E-state index in [2.05, 4.69) is 25.0 Å². The molecule has 0 spiro atoms. The van der Waals surface area contributed by atoms with Crippen LogP contribution in [0.3, 0.4) is 0 Å². The van der Waals surface area contributed by atoms with Crippen LogP contribution in [-0.4, -0.2) is 43.0 Å². The van der Waals surface area contributed by atoms with E-state index >= 15 is 0 Å². The number of aromatic nitrogens is 6. The van der Waals surface area contributed by atoms with Gasteiger partial charge in [0.1, 0.15) is 5.52 Å². The van der Waals surface area contributed by atoms with Crippen LogP contribution in [-0.2, 0) is 10.3 Å². The third-order valence-electron chi connectivity index (χ3n) is 5.52. The SMILES string of the molecule is COC(c1ccc(-n2cc(-c3ccnc4[nH]cnc34)cn2)nc1)(C1CC1)C(F)(F)F. The van der Waals surface area contributed by atoms with Crippen molar-refractivity contribution in [3.05, 3.63) is 54.9 Å². The number of rotatable bonds is 5. The maximum Gasteiger partial charge on any atom is 0.422 e. The zero-order chi connectivity index (χ0) is 20.9. The Morgan fingerprint density at radius 2 is 1.93 bits per heavy atom. The number of alkyl halides is 3. The van der Waals surface area contributed by atoms with E-state index in [1.165, 1.54) is 23.0 Å². The van der Waals surface area contributed by atoms with Crippen molar-refractivity contribution < 1.29 is 17.9 Å². The minimum atomic E-state index is -4.53. The Kier molecular flexibility index (Phi) is 4.14. The van der Waals surface area contributed by atoms with E-state index in [4.69, 9.17) is 4.74 Å². The Morgan fingerprint density at radius 1 is 1.10 bits per heavy atom. The number of nitrogens with one attached hydrogen (secondary N) is 1. The van der Waals surface area contributed by atoms with Gasteiger partial charge >= 0.3 is 6.18 Å². The third kappa shape index (κ3) is 2.78. The molecular weight excluding hydrogens is 397 g/mol. The summed E-state index contributed by atoms with van der Waals surface area (Å²) in [5.74, 6) is -0.185. The summed E-state index contributed by atoms with van der Waals surface area (Å²) in [6.45, 7) is 0. The summed E-state index contributed by atoms with van der Waals surface area (Å²) in [5.41, 5.74) is 0.679. The normalized spacial score (nSPS) is 16.7. The lowest BCUT2D eigenvalue weighted by Gasteiger charge is -2.34. The van der Waals surface area contributed by atoms with Gasteiger partial charge in [0.15, 0.2) is 17.1 Å². The van der Waals surface area contributed by atoms with Crippen molar-refractivity contribution in [2.75, 3.05) is 7.11 Å². The van der Waals surface area contributed by atoms with Crippen LogP contribution in [0, 0.1) is 5.92 Å². The van der Waals surface area contributed by atoms with Gasteiger partial charge in [0.25, 0.3) is 0 Å². The summed E-state index contributed by atoms with van der Waals surface area (Å²) in [6.07, 6.45) is 4.29. The Bertz CT molecular complexity index is 1200. The molecule has 7 nitrogen and oxygen atoms in total. The second-order valence-corrected chi connectivity index (χ2v) is 7.25. The highest BCUT2D eigenvalue weighted by molar-refractivity contribution is 5.88. The van der Waals surface area contributed by atoms with Gasteiger partial charge < -0.3 is 9.72 Å². The summed E-state index contributed by atoms with van der Waals surface area (Å²) in [4.78, 5) is 15.7. The lowest BCUT2D eigenvalue weighted by atomic mass is 9.89. The molecule has 1 fully saturated rings. The molecule has 0 radical (unpaired) electrons. The summed E-state index contributed by atoms with van der Waals surface area (Å²) >= 11 is 0. The molecule has 1 aliphatic rings. The van der Waals surface area contributed by atoms with Crippen LogP contribution < -0.4 is 0 Å². The zero-order valence-corrected chi connectivity index (χ0v) is 15.9. The van der Waals surface area contributed by atoms with Gasteiger partial charge in [-0.25, -0.2) is 19.6 Å². The zero-order valence-electron chi connectivity index (χ0n) is 15.9. The number of nitrogens with zero attached hydrogens (tertiary/aromatic N) is 5. The summed E-state index contributed by atoms with van der Waals surface area (Å²) in [7, 11) is 1.10. The Balaban J connectivity index is 1.49. The lowest BCUT2D eigenvalue weighted by molar-refractivity contribution is -0.285. The monoisotopic (exact) mass is 414 g/mol. The molecule has 154 valence electrons. The van der Waals surface area contributed by atoms with Gasteiger partial charge in [-0.3, -0.25) is 0 Å². The fourth-order valence-electron chi connectivity index (χ4n) is 3.93. The molecule has 1 atom stereocenters. The van der Waals surface area contributed by atoms with Crippen molar-refractivity contribution in [1.29, 1.82) is 0 Å². The second-order valence-electron chi connectivity index (χ2n) is 7.25. The van der Waals surface area contributed by atoms with Gasteiger partial charge in [-0.2, -0.15) is 18.3 Å². The van der Waals surface area contributed by atoms with Crippen molar-refractivity contribution in [3.8, 4) is 16.9 Å². The van der Waals surface area contributed by atoms with Gasteiger partial charge in [-0.15, -0.1) is 0 Å². The van der Waals surface area contributed by atoms with Crippen LogP contribution in [0.2, 0.25) is 0 Å². The highest BCUT2D eigenvalue weighted by Crippen LogP contribution is 2.56. The highest BCUT2D eigenvalue weighted by atomic mass is 19.4. The maximum absolute atomic E-state index is 13.9. The molecule has 0 aromatic carbocycles. The Hall–Kier alpha value is -3.27. The molecule has 10 heteroatoms. The predicted molar refractivity (Wildman–Crippen MR) is 102 cm³/mol. The fourth-order valence-corrected chi connectivity index (χ4v) is 3.93. The molecule has 4 aromatic rings. The van der Waals surface area contributed by atoms with Crippen molar-refractivity contribution in [3.63, 3.8) is 0 Å². The molecule has 0 amide bonds. The number of imidazole rings is 1. The van der Waals surface area contributed by atoms with Crippen LogP contribution in [0.1, 0.15) is 18.4 Å². The number of hydrogen-bond donors (Lipinski definition) is 1. The number of methoxy groups -OCH3 is 1. The van der Waals surface area contributed by atoms with Crippen molar-refractivity contribution in [2.24, 2.45) is 5.92 Å². The van der Waals surface area contributed by atoms with Gasteiger partial charge in [0.05, 0.1) is 12.5 Å². The standard InChI is InChI=1S/C20H17F3N6O/c1-30-19(13-2-3-13,20(21,22)23)14-4-5-16(25-9-14)29-10-12(8-28-29)15-6-7-24-18-17(15)26-11-27-18/h4-11,13H,2-3H2,1H3,(H,24,26,27). The molecule has 1 unspecified atom stereocenters. The average molecular weight is 414 g/mol. The fraction of sp³-hybridized carbons (Fsp3) is 0.300. The number of ether oxygens (including phenoxy) is 1. The van der Waals surface area contributed by atoms with Crippen molar-refractivity contribution in [2.45, 2.75) is 24.6 Å². The van der Waals surface area contributed by atoms with Crippen LogP contribution in [0.4, 0.5) is 13.2 Å². The van der Waals surface area contributed by atoms with E-state index < -0.39 is 17.7 Å². The molecule has 1 N–H and O–H groups in total. The van der Waals surface area contributed by atoms with E-state index in [0.29, 0.717) is 29.8 Å². The van der Waals surface area contributed by atoms with Crippen molar-refractivity contribution in [1.82, 2.24) is 29.7 Å². The molecule has 4 heterocycles. The molecule has 0 bridgehead atoms. The molecule has 0 aliphatic heterocycles. The largest absolute Gasteiger partial charge is 0.422 e. The first-order valence-electron chi connectivity index (χ1n) is 9.36. The maximum atomic E-state index is 13.9. The van der Waals surface area contributed by atoms with Crippen LogP contribution in [0.15, 0.2) is 49.3 Å². The summed E-state index contributed by atoms with van der Waals surface area (Å²) < 4.78 is 48.2. The van der Waals surface area contributed by atoms with E-state index in [-0.39, 0.29) is 5.56 Å². The summed E-state index contributed by atoms with van der Waals surface area (Å²) in [5, 5.41) is 4.30. The molecule has 0 saturated heterocycles. The van der Waals surface area contributed by atoms with Gasteiger partial charge in [0, 0.05) is 48.3 Å². The second kappa shape index (κ2) is 6.63. The number of pyridine rings is 2. The Morgan fingerprint density at radius 3 is 2.60 bits per heavy atom. The molecular formula is C20H17F3N6O. The smallest absolute Gasteiger partial charge is 0.364 e. The molecule has 1 aliphatic carbocycles. The molecule has 5 rings (SSSR count). The quantitative estimate of drug-likeness (QED) is 0.534. The first-order valence-corrected chi connectivity index (χ1v) is 9.36. The summed E-state index contributed by atoms with van der Waals surface area (Å²) in [6, 6.07) is 4.76. The number of fused-ring (bicyclic) bond motifs is 1. The van der Waals surface area contributed by atoms with Gasteiger partial charge in [-0.05, 0) is 25.0 Å². The molecule has 30 heavy (non-hydrogen) atoms. The Labute approximate surface area is 168 Å². The molecule has 1 saturated carbocycles. The first kappa shape index (κ1) is 18.7. The topological polar surface area (TPSA) is 81.5 Å². The minimum absolute atomic E-state index is 0.00324. The van der Waals surface area contributed by atoms with Gasteiger partial charge in [0.2, 0.25) is 0 Å². The number of aromatic amines is 1. The van der Waals surface area contributed by atoms with E-state index in [1.54, 1.807) is 24.9 Å². The van der Waals surface area contributed by atoms with Crippen LogP contribution in [0.25, 0.3) is 28.1 Å². The lowest BCUT2D eigenvalue weighted by Crippen LogP contribution is -2.46. The van der Waals surface area contributed by atoms with E-state index in [9.17, 15) is 13.2 Å². The number of H-pyrrole nitrogens is 1. The van der Waals surface area contributed by atoms with E-state index in [1.807, 2.05) is 6.07 Å². The first-order chi connectivity index (χ1) is 14.4. The third-order valence-corrected chi connectivity index (χ3v) is 5.52. The number of halogens is 3. The highest BCUT2D eigenvalue weighted by Gasteiger charge is 2.64. The van der Waals surface area contributed by atoms with Crippen molar-refractivity contribution >= 4 is 11.2 Å². The molecule has 4 aromatic heterocycles.